The summed E-state index contributed by atoms with van der Waals surface area (Å²) in [6.07, 6.45) is 1.02. The first-order valence-electron chi connectivity index (χ1n) is 10.1. The molecule has 1 saturated heterocycles. The number of hydrogen-bond donors (Lipinski definition) is 1. The molecule has 0 bridgehead atoms. The lowest BCUT2D eigenvalue weighted by Crippen LogP contribution is -2.40. The minimum Gasteiger partial charge on any atom is -0.348 e. The molecule has 1 heterocycles. The van der Waals surface area contributed by atoms with Crippen LogP contribution in [0.4, 0.5) is 0 Å². The first kappa shape index (κ1) is 22.6. The number of nitriles is 1. The van der Waals surface area contributed by atoms with Gasteiger partial charge in [-0.2, -0.15) is 5.26 Å². The van der Waals surface area contributed by atoms with Gasteiger partial charge in [0.05, 0.1) is 24.2 Å². The van der Waals surface area contributed by atoms with Crippen LogP contribution >= 0.6 is 23.2 Å². The van der Waals surface area contributed by atoms with Crippen molar-refractivity contribution in [3.8, 4) is 6.07 Å². The molecule has 7 heteroatoms. The van der Waals surface area contributed by atoms with Gasteiger partial charge in [0.25, 0.3) is 0 Å². The number of hydrogen-bond acceptors (Lipinski definition) is 4. The molecule has 5 nitrogen and oxygen atoms in total. The van der Waals surface area contributed by atoms with Crippen molar-refractivity contribution < 1.29 is 4.79 Å². The second-order valence-corrected chi connectivity index (χ2v) is 8.51. The van der Waals surface area contributed by atoms with E-state index in [1.54, 1.807) is 12.1 Å². The summed E-state index contributed by atoms with van der Waals surface area (Å²) in [4.78, 5) is 17.2. The fourth-order valence-corrected chi connectivity index (χ4v) is 4.28. The van der Waals surface area contributed by atoms with E-state index in [4.69, 9.17) is 28.5 Å². The third kappa shape index (κ3) is 6.45. The first-order valence-corrected chi connectivity index (χ1v) is 10.9. The van der Waals surface area contributed by atoms with Crippen LogP contribution in [-0.4, -0.2) is 48.4 Å². The smallest absolute Gasteiger partial charge is 0.234 e. The van der Waals surface area contributed by atoms with Crippen LogP contribution < -0.4 is 5.32 Å². The molecular formula is C23H26Cl2N4O. The number of carbonyl (C=O) groups is 1. The Bertz CT molecular complexity index is 910. The average Bonchev–Trinajstić information content (AvgIpc) is 2.93. The van der Waals surface area contributed by atoms with E-state index in [0.29, 0.717) is 22.2 Å². The van der Waals surface area contributed by atoms with E-state index in [1.807, 2.05) is 37.3 Å². The molecule has 2 aromatic rings. The minimum absolute atomic E-state index is 0.00550. The summed E-state index contributed by atoms with van der Waals surface area (Å²) in [5.41, 5.74) is 2.74. The molecule has 1 N–H and O–H groups in total. The van der Waals surface area contributed by atoms with Crippen LogP contribution in [0.25, 0.3) is 0 Å². The van der Waals surface area contributed by atoms with Gasteiger partial charge >= 0.3 is 0 Å². The molecule has 2 aromatic carbocycles. The fourth-order valence-electron chi connectivity index (χ4n) is 3.70. The summed E-state index contributed by atoms with van der Waals surface area (Å²) in [7, 11) is 0. The lowest BCUT2D eigenvalue weighted by atomic mass is 10.1. The number of nitrogens with zero attached hydrogens (tertiary/aromatic N) is 3. The van der Waals surface area contributed by atoms with E-state index in [2.05, 4.69) is 21.2 Å². The van der Waals surface area contributed by atoms with Crippen molar-refractivity contribution in [1.29, 1.82) is 5.26 Å². The zero-order valence-electron chi connectivity index (χ0n) is 17.1. The van der Waals surface area contributed by atoms with Crippen LogP contribution in [0.5, 0.6) is 0 Å². The molecule has 1 aliphatic rings. The molecule has 0 aliphatic carbocycles. The standard InChI is InChI=1S/C23H26Cl2N4O/c1-17(21-8-7-20(24)13-22(21)25)27-23(30)16-29-10-2-9-28(11-12-29)15-19-5-3-18(14-26)4-6-19/h3-8,13,17H,2,9-12,15-16H2,1H3,(H,27,30). The van der Waals surface area contributed by atoms with Crippen LogP contribution in [0.2, 0.25) is 10.0 Å². The summed E-state index contributed by atoms with van der Waals surface area (Å²) in [5, 5.41) is 13.1. The summed E-state index contributed by atoms with van der Waals surface area (Å²) in [6.45, 7) is 6.81. The van der Waals surface area contributed by atoms with Gasteiger partial charge < -0.3 is 5.32 Å². The summed E-state index contributed by atoms with van der Waals surface area (Å²) in [5.74, 6) is -0.00550. The Balaban J connectivity index is 1.47. The fraction of sp³-hybridized carbons (Fsp3) is 0.391. The lowest BCUT2D eigenvalue weighted by molar-refractivity contribution is -0.122. The Morgan fingerprint density at radius 3 is 2.50 bits per heavy atom. The van der Waals surface area contributed by atoms with Crippen LogP contribution in [0.15, 0.2) is 42.5 Å². The molecule has 1 aliphatic heterocycles. The van der Waals surface area contributed by atoms with Gasteiger partial charge in [-0.15, -0.1) is 0 Å². The summed E-state index contributed by atoms with van der Waals surface area (Å²) < 4.78 is 0. The summed E-state index contributed by atoms with van der Waals surface area (Å²) >= 11 is 12.2. The number of nitrogens with one attached hydrogen (secondary N) is 1. The molecule has 158 valence electrons. The van der Waals surface area contributed by atoms with Crippen molar-refractivity contribution in [3.05, 3.63) is 69.2 Å². The Morgan fingerprint density at radius 2 is 1.80 bits per heavy atom. The van der Waals surface area contributed by atoms with Gasteiger partial charge in [-0.1, -0.05) is 41.4 Å². The minimum atomic E-state index is -0.179. The number of amides is 1. The highest BCUT2D eigenvalue weighted by Crippen LogP contribution is 2.26. The second-order valence-electron chi connectivity index (χ2n) is 7.67. The molecule has 3 rings (SSSR count). The van der Waals surface area contributed by atoms with Crippen LogP contribution in [-0.2, 0) is 11.3 Å². The van der Waals surface area contributed by atoms with Crippen molar-refractivity contribution in [2.75, 3.05) is 32.7 Å². The van der Waals surface area contributed by atoms with Gasteiger partial charge in [-0.05, 0) is 61.8 Å². The predicted octanol–water partition coefficient (Wildman–Crippen LogP) is 4.25. The topological polar surface area (TPSA) is 59.4 Å². The largest absolute Gasteiger partial charge is 0.348 e. The van der Waals surface area contributed by atoms with Gasteiger partial charge in [-0.25, -0.2) is 0 Å². The SMILES string of the molecule is CC(NC(=O)CN1CCCN(Cc2ccc(C#N)cc2)CC1)c1ccc(Cl)cc1Cl. The number of rotatable bonds is 6. The maximum atomic E-state index is 12.6. The highest BCUT2D eigenvalue weighted by Gasteiger charge is 2.19. The molecule has 0 radical (unpaired) electrons. The molecule has 0 saturated carbocycles. The zero-order chi connectivity index (χ0) is 21.5. The van der Waals surface area contributed by atoms with E-state index in [9.17, 15) is 4.79 Å². The molecule has 0 spiro atoms. The molecule has 1 atom stereocenters. The van der Waals surface area contributed by atoms with Crippen molar-refractivity contribution >= 4 is 29.1 Å². The van der Waals surface area contributed by atoms with Gasteiger partial charge in [0, 0.05) is 29.7 Å². The number of halogens is 2. The average molecular weight is 445 g/mol. The zero-order valence-corrected chi connectivity index (χ0v) is 18.6. The van der Waals surface area contributed by atoms with E-state index in [1.165, 1.54) is 5.56 Å². The molecule has 1 unspecified atom stereocenters. The van der Waals surface area contributed by atoms with Gasteiger partial charge in [0.15, 0.2) is 0 Å². The first-order chi connectivity index (χ1) is 14.4. The maximum absolute atomic E-state index is 12.6. The van der Waals surface area contributed by atoms with Crippen molar-refractivity contribution in [2.45, 2.75) is 25.9 Å². The highest BCUT2D eigenvalue weighted by molar-refractivity contribution is 6.35. The normalized spacial score (nSPS) is 16.5. The monoisotopic (exact) mass is 444 g/mol. The lowest BCUT2D eigenvalue weighted by Gasteiger charge is -2.23. The second kappa shape index (κ2) is 10.8. The van der Waals surface area contributed by atoms with E-state index in [-0.39, 0.29) is 11.9 Å². The van der Waals surface area contributed by atoms with Crippen molar-refractivity contribution in [3.63, 3.8) is 0 Å². The Kier molecular flexibility index (Phi) is 8.12. The van der Waals surface area contributed by atoms with Gasteiger partial charge in [0.1, 0.15) is 0 Å². The van der Waals surface area contributed by atoms with Crippen LogP contribution in [0.1, 0.15) is 36.1 Å². The Morgan fingerprint density at radius 1 is 1.10 bits per heavy atom. The van der Waals surface area contributed by atoms with Gasteiger partial charge in [0.2, 0.25) is 5.91 Å². The third-order valence-corrected chi connectivity index (χ3v) is 5.91. The Hall–Kier alpha value is -2.10. The molecule has 0 aromatic heterocycles. The van der Waals surface area contributed by atoms with Crippen molar-refractivity contribution in [2.24, 2.45) is 0 Å². The van der Waals surface area contributed by atoms with Crippen LogP contribution in [0, 0.1) is 11.3 Å². The molecular weight excluding hydrogens is 419 g/mol. The number of carbonyl (C=O) groups excluding carboxylic acids is 1. The van der Waals surface area contributed by atoms with E-state index in [0.717, 1.165) is 44.7 Å². The molecule has 1 amide bonds. The third-order valence-electron chi connectivity index (χ3n) is 5.34. The number of benzene rings is 2. The summed E-state index contributed by atoms with van der Waals surface area (Å²) in [6, 6.07) is 15.0. The van der Waals surface area contributed by atoms with Crippen molar-refractivity contribution in [1.82, 2.24) is 15.1 Å². The van der Waals surface area contributed by atoms with E-state index >= 15 is 0 Å². The predicted molar refractivity (Wildman–Crippen MR) is 121 cm³/mol. The van der Waals surface area contributed by atoms with Crippen LogP contribution in [0.3, 0.4) is 0 Å². The molecule has 1 fully saturated rings. The van der Waals surface area contributed by atoms with E-state index < -0.39 is 0 Å². The maximum Gasteiger partial charge on any atom is 0.234 e. The van der Waals surface area contributed by atoms with Gasteiger partial charge in [-0.3, -0.25) is 14.6 Å². The molecule has 30 heavy (non-hydrogen) atoms. The highest BCUT2D eigenvalue weighted by atomic mass is 35.5. The Labute approximate surface area is 188 Å². The quantitative estimate of drug-likeness (QED) is 0.723.